The van der Waals surface area contributed by atoms with Gasteiger partial charge in [-0.1, -0.05) is 12.1 Å². The molecule has 1 N–H and O–H groups in total. The Balaban J connectivity index is 2.74. The molecule has 16 heavy (non-hydrogen) atoms. The lowest BCUT2D eigenvalue weighted by Gasteiger charge is -2.10. The van der Waals surface area contributed by atoms with Crippen molar-refractivity contribution < 1.29 is 9.13 Å². The molecule has 6 heteroatoms. The third-order valence-corrected chi connectivity index (χ3v) is 3.55. The second-order valence-electron chi connectivity index (χ2n) is 3.46. The number of nitro benzene ring substituents is 1. The summed E-state index contributed by atoms with van der Waals surface area (Å²) >= 11 is 0. The highest BCUT2D eigenvalue weighted by molar-refractivity contribution is 7.84. The van der Waals surface area contributed by atoms with E-state index in [9.17, 15) is 14.3 Å². The fraction of sp³-hybridized carbons (Fsp3) is 0.400. The predicted octanol–water partition coefficient (Wildman–Crippen LogP) is 1.77. The predicted molar refractivity (Wildman–Crippen MR) is 65.1 cm³/mol. The summed E-state index contributed by atoms with van der Waals surface area (Å²) in [5, 5.41) is 13.6. The Morgan fingerprint density at radius 1 is 1.50 bits per heavy atom. The number of nitrogens with zero attached hydrogens (tertiary/aromatic N) is 1. The molecular weight excluding hydrogens is 228 g/mol. The van der Waals surface area contributed by atoms with Crippen LogP contribution in [0.5, 0.6) is 0 Å². The van der Waals surface area contributed by atoms with Crippen LogP contribution >= 0.6 is 0 Å². The van der Waals surface area contributed by atoms with E-state index >= 15 is 0 Å². The van der Waals surface area contributed by atoms with E-state index in [2.05, 4.69) is 5.32 Å². The maximum absolute atomic E-state index is 11.1. The molecule has 0 spiro atoms. The smallest absolute Gasteiger partial charge is 0.292 e. The van der Waals surface area contributed by atoms with E-state index in [0.717, 1.165) is 0 Å². The molecule has 0 heterocycles. The van der Waals surface area contributed by atoms with Crippen molar-refractivity contribution in [3.05, 3.63) is 34.4 Å². The molecule has 0 saturated heterocycles. The number of rotatable bonds is 5. The van der Waals surface area contributed by atoms with Crippen molar-refractivity contribution in [1.29, 1.82) is 0 Å². The zero-order valence-corrected chi connectivity index (χ0v) is 9.99. The quantitative estimate of drug-likeness (QED) is 0.631. The Kier molecular flexibility index (Phi) is 4.42. The summed E-state index contributed by atoms with van der Waals surface area (Å²) in [5.74, 6) is 0. The molecule has 2 unspecified atom stereocenters. The number of para-hydroxylation sites is 2. The number of anilines is 1. The van der Waals surface area contributed by atoms with Gasteiger partial charge in [-0.15, -0.1) is 0 Å². The topological polar surface area (TPSA) is 72.2 Å². The molecule has 0 bridgehead atoms. The van der Waals surface area contributed by atoms with Crippen molar-refractivity contribution >= 4 is 22.2 Å². The van der Waals surface area contributed by atoms with Crippen LogP contribution in [-0.4, -0.2) is 27.2 Å². The highest BCUT2D eigenvalue weighted by Crippen LogP contribution is 2.22. The van der Waals surface area contributed by atoms with Gasteiger partial charge in [-0.3, -0.25) is 14.3 Å². The standard InChI is InChI=1S/C10H14N2O3S/c1-8(16(2)15)7-11-9-5-3-4-6-10(9)12(13)14/h3-6,8,11H,7H2,1-2H3. The van der Waals surface area contributed by atoms with Gasteiger partial charge in [0, 0.05) is 34.9 Å². The molecule has 0 aromatic heterocycles. The molecule has 1 rings (SSSR count). The van der Waals surface area contributed by atoms with Gasteiger partial charge in [0.2, 0.25) is 0 Å². The van der Waals surface area contributed by atoms with Crippen molar-refractivity contribution in [3.8, 4) is 0 Å². The van der Waals surface area contributed by atoms with E-state index in [-0.39, 0.29) is 10.9 Å². The summed E-state index contributed by atoms with van der Waals surface area (Å²) in [5.41, 5.74) is 0.501. The second-order valence-corrected chi connectivity index (χ2v) is 5.27. The number of benzene rings is 1. The highest BCUT2D eigenvalue weighted by atomic mass is 32.2. The average Bonchev–Trinajstić information content (AvgIpc) is 2.25. The number of hydrogen-bond acceptors (Lipinski definition) is 4. The lowest BCUT2D eigenvalue weighted by Crippen LogP contribution is -2.20. The van der Waals surface area contributed by atoms with Crippen LogP contribution in [0.15, 0.2) is 24.3 Å². The van der Waals surface area contributed by atoms with E-state index in [1.54, 1.807) is 24.5 Å². The molecule has 2 atom stereocenters. The normalized spacial score (nSPS) is 14.1. The molecule has 0 saturated carbocycles. The minimum absolute atomic E-state index is 0.0385. The second kappa shape index (κ2) is 5.60. The zero-order chi connectivity index (χ0) is 12.1. The number of nitrogens with one attached hydrogen (secondary N) is 1. The minimum Gasteiger partial charge on any atom is -0.378 e. The van der Waals surface area contributed by atoms with Crippen molar-refractivity contribution in [1.82, 2.24) is 0 Å². The van der Waals surface area contributed by atoms with Gasteiger partial charge >= 0.3 is 0 Å². The van der Waals surface area contributed by atoms with E-state index in [4.69, 9.17) is 0 Å². The molecule has 0 fully saturated rings. The van der Waals surface area contributed by atoms with Gasteiger partial charge in [-0.2, -0.15) is 0 Å². The summed E-state index contributed by atoms with van der Waals surface area (Å²) in [6.07, 6.45) is 1.62. The average molecular weight is 242 g/mol. The Labute approximate surface area is 96.5 Å². The largest absolute Gasteiger partial charge is 0.378 e. The lowest BCUT2D eigenvalue weighted by molar-refractivity contribution is -0.384. The van der Waals surface area contributed by atoms with Crippen molar-refractivity contribution in [2.75, 3.05) is 18.1 Å². The van der Waals surface area contributed by atoms with E-state index < -0.39 is 15.7 Å². The number of nitro groups is 1. The highest BCUT2D eigenvalue weighted by Gasteiger charge is 2.13. The monoisotopic (exact) mass is 242 g/mol. The number of hydrogen-bond donors (Lipinski definition) is 1. The van der Waals surface area contributed by atoms with Crippen LogP contribution in [0.3, 0.4) is 0 Å². The fourth-order valence-corrected chi connectivity index (χ4v) is 1.47. The van der Waals surface area contributed by atoms with Crippen LogP contribution < -0.4 is 5.32 Å². The molecular formula is C10H14N2O3S. The van der Waals surface area contributed by atoms with Crippen molar-refractivity contribution in [2.45, 2.75) is 12.2 Å². The molecule has 88 valence electrons. The first-order chi connectivity index (χ1) is 7.52. The fourth-order valence-electron chi connectivity index (χ4n) is 1.15. The maximum Gasteiger partial charge on any atom is 0.292 e. The first-order valence-electron chi connectivity index (χ1n) is 4.82. The van der Waals surface area contributed by atoms with Gasteiger partial charge in [0.05, 0.1) is 4.92 Å². The summed E-state index contributed by atoms with van der Waals surface area (Å²) < 4.78 is 11.1. The first kappa shape index (κ1) is 12.6. The van der Waals surface area contributed by atoms with E-state index in [0.29, 0.717) is 12.2 Å². The van der Waals surface area contributed by atoms with Crippen LogP contribution in [0.4, 0.5) is 11.4 Å². The Hall–Kier alpha value is -1.43. The van der Waals surface area contributed by atoms with Gasteiger partial charge in [0.1, 0.15) is 5.69 Å². The Bertz CT molecular complexity index is 409. The van der Waals surface area contributed by atoms with Gasteiger partial charge < -0.3 is 5.32 Å². The molecule has 5 nitrogen and oxygen atoms in total. The molecule has 1 aromatic rings. The van der Waals surface area contributed by atoms with Crippen LogP contribution in [-0.2, 0) is 10.8 Å². The molecule has 0 aliphatic carbocycles. The maximum atomic E-state index is 11.1. The van der Waals surface area contributed by atoms with Crippen LogP contribution in [0.25, 0.3) is 0 Å². The minimum atomic E-state index is -0.934. The molecule has 0 radical (unpaired) electrons. The summed E-state index contributed by atoms with van der Waals surface area (Å²) in [4.78, 5) is 10.3. The van der Waals surface area contributed by atoms with Crippen LogP contribution in [0.1, 0.15) is 6.92 Å². The summed E-state index contributed by atoms with van der Waals surface area (Å²) in [7, 11) is -0.934. The zero-order valence-electron chi connectivity index (χ0n) is 9.17. The Morgan fingerprint density at radius 3 is 2.69 bits per heavy atom. The molecule has 0 aliphatic rings. The van der Waals surface area contributed by atoms with Crippen LogP contribution in [0.2, 0.25) is 0 Å². The van der Waals surface area contributed by atoms with Crippen molar-refractivity contribution in [3.63, 3.8) is 0 Å². The van der Waals surface area contributed by atoms with E-state index in [1.165, 1.54) is 6.07 Å². The van der Waals surface area contributed by atoms with Crippen molar-refractivity contribution in [2.24, 2.45) is 0 Å². The van der Waals surface area contributed by atoms with Gasteiger partial charge in [0.25, 0.3) is 5.69 Å². The first-order valence-corrected chi connectivity index (χ1v) is 6.44. The molecule has 0 amide bonds. The van der Waals surface area contributed by atoms with Crippen LogP contribution in [0, 0.1) is 10.1 Å². The third kappa shape index (κ3) is 3.30. The third-order valence-electron chi connectivity index (χ3n) is 2.25. The molecule has 1 aromatic carbocycles. The Morgan fingerprint density at radius 2 is 2.12 bits per heavy atom. The van der Waals surface area contributed by atoms with Gasteiger partial charge in [-0.05, 0) is 13.0 Å². The molecule has 0 aliphatic heterocycles. The van der Waals surface area contributed by atoms with Gasteiger partial charge in [-0.25, -0.2) is 0 Å². The van der Waals surface area contributed by atoms with E-state index in [1.807, 2.05) is 6.92 Å². The van der Waals surface area contributed by atoms with Gasteiger partial charge in [0.15, 0.2) is 0 Å². The SMILES string of the molecule is CC(CNc1ccccc1[N+](=O)[O-])S(C)=O. The lowest BCUT2D eigenvalue weighted by atomic mass is 10.2. The summed E-state index contributed by atoms with van der Waals surface area (Å²) in [6, 6.07) is 6.42. The summed E-state index contributed by atoms with van der Waals surface area (Å²) in [6.45, 7) is 2.28.